The van der Waals surface area contributed by atoms with Gasteiger partial charge in [0.15, 0.2) is 0 Å². The smallest absolute Gasteiger partial charge is 0.291 e. The van der Waals surface area contributed by atoms with Gasteiger partial charge in [-0.1, -0.05) is 44.5 Å². The summed E-state index contributed by atoms with van der Waals surface area (Å²) in [6, 6.07) is 7.20. The molecule has 7 heteroatoms. The van der Waals surface area contributed by atoms with Gasteiger partial charge in [0.2, 0.25) is 5.82 Å². The summed E-state index contributed by atoms with van der Waals surface area (Å²) in [7, 11) is 0. The molecule has 0 saturated carbocycles. The summed E-state index contributed by atoms with van der Waals surface area (Å²) in [5, 5.41) is 17.4. The van der Waals surface area contributed by atoms with Crippen molar-refractivity contribution in [2.24, 2.45) is 5.41 Å². The summed E-state index contributed by atoms with van der Waals surface area (Å²) in [6.45, 7) is 7.59. The normalized spacial score (nSPS) is 13.0. The van der Waals surface area contributed by atoms with Crippen LogP contribution in [0.5, 0.6) is 0 Å². The van der Waals surface area contributed by atoms with Crippen molar-refractivity contribution >= 4 is 17.5 Å². The van der Waals surface area contributed by atoms with E-state index in [1.54, 1.807) is 19.1 Å². The van der Waals surface area contributed by atoms with Crippen molar-refractivity contribution in [1.29, 1.82) is 0 Å². The summed E-state index contributed by atoms with van der Waals surface area (Å²) in [6.07, 6.45) is -0.654. The minimum atomic E-state index is -0.654. The van der Waals surface area contributed by atoms with Crippen molar-refractivity contribution in [3.05, 3.63) is 40.9 Å². The van der Waals surface area contributed by atoms with Gasteiger partial charge in [-0.05, 0) is 24.5 Å². The molecule has 0 spiro atoms. The van der Waals surface area contributed by atoms with Crippen molar-refractivity contribution < 1.29 is 9.90 Å². The largest absolute Gasteiger partial charge is 0.391 e. The van der Waals surface area contributed by atoms with Gasteiger partial charge < -0.3 is 10.4 Å². The van der Waals surface area contributed by atoms with E-state index in [4.69, 9.17) is 11.6 Å². The van der Waals surface area contributed by atoms with E-state index in [1.807, 2.05) is 32.9 Å². The molecular weight excluding hydrogens is 316 g/mol. The van der Waals surface area contributed by atoms with Crippen LogP contribution < -0.4 is 5.32 Å². The highest BCUT2D eigenvalue weighted by Crippen LogP contribution is 2.20. The van der Waals surface area contributed by atoms with Crippen molar-refractivity contribution in [3.63, 3.8) is 0 Å². The lowest BCUT2D eigenvalue weighted by molar-refractivity contribution is 0.0584. The average molecular weight is 337 g/mol. The van der Waals surface area contributed by atoms with Crippen molar-refractivity contribution in [1.82, 2.24) is 20.1 Å². The Morgan fingerprint density at radius 2 is 2.04 bits per heavy atom. The Morgan fingerprint density at radius 3 is 2.65 bits per heavy atom. The third kappa shape index (κ3) is 4.09. The highest BCUT2D eigenvalue weighted by Gasteiger charge is 2.24. The van der Waals surface area contributed by atoms with Gasteiger partial charge in [0.05, 0.1) is 16.8 Å². The maximum Gasteiger partial charge on any atom is 0.291 e. The third-order valence-corrected chi connectivity index (χ3v) is 3.83. The second kappa shape index (κ2) is 6.68. The molecule has 0 bridgehead atoms. The molecule has 1 atom stereocenters. The summed E-state index contributed by atoms with van der Waals surface area (Å²) >= 11 is 6.15. The molecule has 2 rings (SSSR count). The van der Waals surface area contributed by atoms with Gasteiger partial charge in [-0.2, -0.15) is 0 Å². The molecule has 0 aliphatic heterocycles. The molecule has 1 aromatic carbocycles. The van der Waals surface area contributed by atoms with E-state index in [9.17, 15) is 9.90 Å². The highest BCUT2D eigenvalue weighted by molar-refractivity contribution is 6.32. The number of benzene rings is 1. The molecule has 1 aromatic heterocycles. The SMILES string of the molecule is Cc1nc(C(=O)NCC(O)C(C)(C)C)nn1-c1ccccc1Cl. The quantitative estimate of drug-likeness (QED) is 0.898. The predicted octanol–water partition coefficient (Wildman–Crippen LogP) is 2.37. The molecule has 0 aliphatic carbocycles. The van der Waals surface area contributed by atoms with Crippen molar-refractivity contribution in [2.45, 2.75) is 33.8 Å². The van der Waals surface area contributed by atoms with Crippen molar-refractivity contribution in [3.8, 4) is 5.69 Å². The molecule has 0 radical (unpaired) electrons. The maximum atomic E-state index is 12.2. The molecule has 2 aromatic rings. The number of halogens is 1. The number of hydrogen-bond donors (Lipinski definition) is 2. The van der Waals surface area contributed by atoms with Crippen LogP contribution in [0.3, 0.4) is 0 Å². The lowest BCUT2D eigenvalue weighted by Crippen LogP contribution is -2.39. The zero-order chi connectivity index (χ0) is 17.2. The fourth-order valence-electron chi connectivity index (χ4n) is 1.91. The van der Waals surface area contributed by atoms with Gasteiger partial charge in [-0.3, -0.25) is 4.79 Å². The molecule has 1 unspecified atom stereocenters. The Morgan fingerprint density at radius 1 is 1.39 bits per heavy atom. The first-order valence-corrected chi connectivity index (χ1v) is 7.73. The van der Waals surface area contributed by atoms with Gasteiger partial charge >= 0.3 is 0 Å². The van der Waals surface area contributed by atoms with E-state index in [-0.39, 0.29) is 17.8 Å². The lowest BCUT2D eigenvalue weighted by atomic mass is 9.89. The first-order chi connectivity index (χ1) is 10.7. The molecule has 0 aliphatic rings. The number of aliphatic hydroxyl groups is 1. The van der Waals surface area contributed by atoms with E-state index in [0.29, 0.717) is 16.5 Å². The topological polar surface area (TPSA) is 80.0 Å². The Kier molecular flexibility index (Phi) is 5.06. The second-order valence-corrected chi connectivity index (χ2v) is 6.84. The van der Waals surface area contributed by atoms with Crippen LogP contribution in [0.15, 0.2) is 24.3 Å². The minimum absolute atomic E-state index is 0.0449. The number of carbonyl (C=O) groups excluding carboxylic acids is 1. The average Bonchev–Trinajstić information content (AvgIpc) is 2.86. The molecule has 124 valence electrons. The third-order valence-electron chi connectivity index (χ3n) is 3.51. The standard InChI is InChI=1S/C16H21ClN4O2/c1-10-19-14(15(23)18-9-13(22)16(2,3)4)20-21(10)12-8-6-5-7-11(12)17/h5-8,13,22H,9H2,1-4H3,(H,18,23). The molecule has 0 fully saturated rings. The summed E-state index contributed by atoms with van der Waals surface area (Å²) < 4.78 is 1.53. The van der Waals surface area contributed by atoms with Gasteiger partial charge in [0, 0.05) is 6.54 Å². The van der Waals surface area contributed by atoms with Gasteiger partial charge in [0.25, 0.3) is 5.91 Å². The zero-order valence-electron chi connectivity index (χ0n) is 13.7. The monoisotopic (exact) mass is 336 g/mol. The van der Waals surface area contributed by atoms with Crippen molar-refractivity contribution in [2.75, 3.05) is 6.54 Å². The summed E-state index contributed by atoms with van der Waals surface area (Å²) in [5.74, 6) is 0.172. The lowest BCUT2D eigenvalue weighted by Gasteiger charge is -2.25. The summed E-state index contributed by atoms with van der Waals surface area (Å²) in [5.41, 5.74) is 0.348. The van der Waals surface area contributed by atoms with Crippen LogP contribution in [0.1, 0.15) is 37.2 Å². The number of nitrogens with zero attached hydrogens (tertiary/aromatic N) is 3. The van der Waals surface area contributed by atoms with E-state index >= 15 is 0 Å². The number of amides is 1. The van der Waals surface area contributed by atoms with Gasteiger partial charge in [-0.25, -0.2) is 9.67 Å². The molecule has 0 saturated heterocycles. The maximum absolute atomic E-state index is 12.2. The fourth-order valence-corrected chi connectivity index (χ4v) is 2.13. The fraction of sp³-hybridized carbons (Fsp3) is 0.438. The van der Waals surface area contributed by atoms with Gasteiger partial charge in [0.1, 0.15) is 5.82 Å². The van der Waals surface area contributed by atoms with Crippen LogP contribution in [0.2, 0.25) is 5.02 Å². The number of aliphatic hydroxyl groups excluding tert-OH is 1. The molecular formula is C16H21ClN4O2. The molecule has 23 heavy (non-hydrogen) atoms. The highest BCUT2D eigenvalue weighted by atomic mass is 35.5. The predicted molar refractivity (Wildman–Crippen MR) is 88.9 cm³/mol. The number of hydrogen-bond acceptors (Lipinski definition) is 4. The number of para-hydroxylation sites is 1. The van der Waals surface area contributed by atoms with Crippen LogP contribution in [-0.4, -0.2) is 38.4 Å². The Hall–Kier alpha value is -1.92. The van der Waals surface area contributed by atoms with E-state index in [2.05, 4.69) is 15.4 Å². The van der Waals surface area contributed by atoms with Crippen LogP contribution >= 0.6 is 11.6 Å². The molecule has 1 heterocycles. The number of rotatable bonds is 4. The summed E-state index contributed by atoms with van der Waals surface area (Å²) in [4.78, 5) is 16.3. The van der Waals surface area contributed by atoms with Gasteiger partial charge in [-0.15, -0.1) is 5.10 Å². The second-order valence-electron chi connectivity index (χ2n) is 6.44. The van der Waals surface area contributed by atoms with E-state index in [1.165, 1.54) is 4.68 Å². The van der Waals surface area contributed by atoms with Crippen LogP contribution in [-0.2, 0) is 0 Å². The molecule has 2 N–H and O–H groups in total. The van der Waals surface area contributed by atoms with Crippen LogP contribution in [0.4, 0.5) is 0 Å². The van der Waals surface area contributed by atoms with Crippen LogP contribution in [0, 0.1) is 12.3 Å². The Bertz CT molecular complexity index is 706. The minimum Gasteiger partial charge on any atom is -0.391 e. The number of nitrogens with one attached hydrogen (secondary N) is 1. The Labute approximate surface area is 140 Å². The number of carbonyl (C=O) groups is 1. The van der Waals surface area contributed by atoms with E-state index in [0.717, 1.165) is 0 Å². The zero-order valence-corrected chi connectivity index (χ0v) is 14.4. The Balaban J connectivity index is 2.15. The van der Waals surface area contributed by atoms with Crippen LogP contribution in [0.25, 0.3) is 5.69 Å². The molecule has 6 nitrogen and oxygen atoms in total. The molecule has 1 amide bonds. The number of aryl methyl sites for hydroxylation is 1. The first-order valence-electron chi connectivity index (χ1n) is 7.35. The van der Waals surface area contributed by atoms with E-state index < -0.39 is 12.0 Å². The first kappa shape index (κ1) is 17.4. The number of aromatic nitrogens is 3.